The Labute approximate surface area is 137 Å². The molecule has 0 spiro atoms. The summed E-state index contributed by atoms with van der Waals surface area (Å²) in [5.74, 6) is -0.882. The number of anilines is 1. The van der Waals surface area contributed by atoms with Crippen molar-refractivity contribution in [1.29, 1.82) is 5.26 Å². The summed E-state index contributed by atoms with van der Waals surface area (Å²) in [5.41, 5.74) is 0.216. The Balaban J connectivity index is 2.45. The molecule has 0 amide bonds. The molecule has 0 bridgehead atoms. The topological polar surface area (TPSA) is 70.0 Å². The highest BCUT2D eigenvalue weighted by Crippen LogP contribution is 2.25. The molecule has 0 unspecified atom stereocenters. The molecule has 0 saturated carbocycles. The minimum atomic E-state index is -4.12. The molecule has 0 aliphatic carbocycles. The van der Waals surface area contributed by atoms with E-state index in [0.29, 0.717) is 8.95 Å². The van der Waals surface area contributed by atoms with E-state index in [2.05, 4.69) is 36.6 Å². The van der Waals surface area contributed by atoms with E-state index in [9.17, 15) is 12.8 Å². The molecule has 0 aromatic heterocycles. The minimum Gasteiger partial charge on any atom is -0.278 e. The van der Waals surface area contributed by atoms with E-state index in [1.807, 2.05) is 6.07 Å². The zero-order valence-electron chi connectivity index (χ0n) is 10.3. The Morgan fingerprint density at radius 3 is 2.33 bits per heavy atom. The van der Waals surface area contributed by atoms with Gasteiger partial charge >= 0.3 is 0 Å². The summed E-state index contributed by atoms with van der Waals surface area (Å²) < 4.78 is 41.5. The first-order valence-electron chi connectivity index (χ1n) is 5.51. The Bertz CT molecular complexity index is 848. The van der Waals surface area contributed by atoms with Crippen LogP contribution in [0.25, 0.3) is 0 Å². The minimum absolute atomic E-state index is 0.0861. The summed E-state index contributed by atoms with van der Waals surface area (Å²) in [7, 11) is -4.12. The highest BCUT2D eigenvalue weighted by Gasteiger charge is 2.20. The SMILES string of the molecule is N#Cc1cc(Br)ccc1NS(=O)(=O)c1ccc(Br)cc1F. The molecule has 108 valence electrons. The number of hydrogen-bond donors (Lipinski definition) is 1. The van der Waals surface area contributed by atoms with Crippen LogP contribution >= 0.6 is 31.9 Å². The first-order chi connectivity index (χ1) is 9.83. The molecule has 0 fully saturated rings. The molecule has 2 aromatic rings. The van der Waals surface area contributed by atoms with Gasteiger partial charge in [0.1, 0.15) is 16.8 Å². The van der Waals surface area contributed by atoms with Gasteiger partial charge in [0.05, 0.1) is 11.3 Å². The molecule has 0 atom stereocenters. The lowest BCUT2D eigenvalue weighted by Gasteiger charge is -2.10. The van der Waals surface area contributed by atoms with Gasteiger partial charge in [0.25, 0.3) is 10.0 Å². The molecule has 0 saturated heterocycles. The van der Waals surface area contributed by atoms with Crippen molar-refractivity contribution in [2.24, 2.45) is 0 Å². The third kappa shape index (κ3) is 3.61. The fourth-order valence-electron chi connectivity index (χ4n) is 1.59. The molecule has 4 nitrogen and oxygen atoms in total. The standard InChI is InChI=1S/C13H7Br2FN2O2S/c14-9-1-3-12(8(5-9)7-17)18-21(19,20)13-4-2-10(15)6-11(13)16/h1-6,18H. The molecule has 0 heterocycles. The lowest BCUT2D eigenvalue weighted by molar-refractivity contribution is 0.570. The molecule has 0 aliphatic heterocycles. The second kappa shape index (κ2) is 6.13. The van der Waals surface area contributed by atoms with E-state index in [1.54, 1.807) is 6.07 Å². The lowest BCUT2D eigenvalue weighted by atomic mass is 10.2. The van der Waals surface area contributed by atoms with Crippen molar-refractivity contribution in [2.45, 2.75) is 4.90 Å². The van der Waals surface area contributed by atoms with E-state index in [1.165, 1.54) is 18.2 Å². The van der Waals surface area contributed by atoms with E-state index < -0.39 is 20.7 Å². The predicted molar refractivity (Wildman–Crippen MR) is 83.8 cm³/mol. The zero-order valence-corrected chi connectivity index (χ0v) is 14.3. The maximum Gasteiger partial charge on any atom is 0.264 e. The summed E-state index contributed by atoms with van der Waals surface area (Å²) in [6.07, 6.45) is 0. The Kier molecular flexibility index (Phi) is 4.66. The fraction of sp³-hybridized carbons (Fsp3) is 0. The summed E-state index contributed by atoms with van der Waals surface area (Å²) >= 11 is 6.24. The van der Waals surface area contributed by atoms with Crippen molar-refractivity contribution < 1.29 is 12.8 Å². The Morgan fingerprint density at radius 2 is 1.71 bits per heavy atom. The van der Waals surface area contributed by atoms with Crippen molar-refractivity contribution in [1.82, 2.24) is 0 Å². The second-order valence-corrected chi connectivity index (χ2v) is 7.46. The molecule has 0 radical (unpaired) electrons. The smallest absolute Gasteiger partial charge is 0.264 e. The number of rotatable bonds is 3. The molecular weight excluding hydrogens is 427 g/mol. The quantitative estimate of drug-likeness (QED) is 0.794. The van der Waals surface area contributed by atoms with Crippen LogP contribution in [0.4, 0.5) is 10.1 Å². The average Bonchev–Trinajstić information content (AvgIpc) is 2.40. The van der Waals surface area contributed by atoms with Crippen molar-refractivity contribution in [2.75, 3.05) is 4.72 Å². The van der Waals surface area contributed by atoms with Crippen molar-refractivity contribution in [3.63, 3.8) is 0 Å². The van der Waals surface area contributed by atoms with E-state index in [-0.39, 0.29) is 11.3 Å². The van der Waals surface area contributed by atoms with Gasteiger partial charge < -0.3 is 0 Å². The first kappa shape index (κ1) is 15.9. The normalized spacial score (nSPS) is 11.0. The Morgan fingerprint density at radius 1 is 1.10 bits per heavy atom. The second-order valence-electron chi connectivity index (χ2n) is 3.98. The summed E-state index contributed by atoms with van der Waals surface area (Å²) in [4.78, 5) is -0.488. The predicted octanol–water partition coefficient (Wildman–Crippen LogP) is 4.02. The molecule has 1 N–H and O–H groups in total. The maximum atomic E-state index is 13.8. The van der Waals surface area contributed by atoms with Crippen LogP contribution in [0.3, 0.4) is 0 Å². The first-order valence-corrected chi connectivity index (χ1v) is 8.58. The van der Waals surface area contributed by atoms with Gasteiger partial charge in [0, 0.05) is 8.95 Å². The Hall–Kier alpha value is -1.43. The molecular formula is C13H7Br2FN2O2S. The number of hydrogen-bond acceptors (Lipinski definition) is 3. The largest absolute Gasteiger partial charge is 0.278 e. The molecule has 8 heteroatoms. The van der Waals surface area contributed by atoms with Gasteiger partial charge in [0.2, 0.25) is 0 Å². The molecule has 2 aromatic carbocycles. The highest BCUT2D eigenvalue weighted by molar-refractivity contribution is 9.10. The van der Waals surface area contributed by atoms with Crippen LogP contribution in [0.5, 0.6) is 0 Å². The van der Waals surface area contributed by atoms with Gasteiger partial charge in [-0.2, -0.15) is 5.26 Å². The summed E-state index contributed by atoms with van der Waals surface area (Å²) in [6, 6.07) is 9.97. The van der Waals surface area contributed by atoms with Crippen molar-refractivity contribution in [3.05, 3.63) is 56.7 Å². The lowest BCUT2D eigenvalue weighted by Crippen LogP contribution is -2.15. The van der Waals surface area contributed by atoms with Crippen LogP contribution in [0.1, 0.15) is 5.56 Å². The van der Waals surface area contributed by atoms with Gasteiger partial charge in [-0.15, -0.1) is 0 Å². The number of nitrogens with zero attached hydrogens (tertiary/aromatic N) is 1. The third-order valence-corrected chi connectivity index (χ3v) is 4.92. The van der Waals surface area contributed by atoms with Gasteiger partial charge in [-0.3, -0.25) is 4.72 Å². The van der Waals surface area contributed by atoms with Crippen LogP contribution in [0.15, 0.2) is 50.2 Å². The van der Waals surface area contributed by atoms with Gasteiger partial charge in [-0.1, -0.05) is 31.9 Å². The molecule has 2 rings (SSSR count). The molecule has 0 aliphatic rings. The summed E-state index contributed by atoms with van der Waals surface area (Å²) in [6.45, 7) is 0. The number of halogens is 3. The third-order valence-electron chi connectivity index (χ3n) is 2.53. The molecule has 21 heavy (non-hydrogen) atoms. The van der Waals surface area contributed by atoms with Gasteiger partial charge in [0.15, 0.2) is 0 Å². The van der Waals surface area contributed by atoms with E-state index >= 15 is 0 Å². The number of nitriles is 1. The van der Waals surface area contributed by atoms with Crippen molar-refractivity contribution >= 4 is 47.6 Å². The average molecular weight is 434 g/mol. The maximum absolute atomic E-state index is 13.8. The summed E-state index contributed by atoms with van der Waals surface area (Å²) in [5, 5.41) is 9.02. The van der Waals surface area contributed by atoms with E-state index in [4.69, 9.17) is 5.26 Å². The van der Waals surface area contributed by atoms with Crippen LogP contribution in [-0.2, 0) is 10.0 Å². The van der Waals surface area contributed by atoms with Gasteiger partial charge in [-0.25, -0.2) is 12.8 Å². The fourth-order valence-corrected chi connectivity index (χ4v) is 3.43. The highest BCUT2D eigenvalue weighted by atomic mass is 79.9. The number of benzene rings is 2. The van der Waals surface area contributed by atoms with Crippen LogP contribution in [-0.4, -0.2) is 8.42 Å². The zero-order chi connectivity index (χ0) is 15.6. The van der Waals surface area contributed by atoms with Gasteiger partial charge in [-0.05, 0) is 36.4 Å². The monoisotopic (exact) mass is 432 g/mol. The van der Waals surface area contributed by atoms with E-state index in [0.717, 1.165) is 12.1 Å². The van der Waals surface area contributed by atoms with Crippen LogP contribution < -0.4 is 4.72 Å². The number of sulfonamides is 1. The van der Waals surface area contributed by atoms with Crippen molar-refractivity contribution in [3.8, 4) is 6.07 Å². The van der Waals surface area contributed by atoms with Crippen LogP contribution in [0, 0.1) is 17.1 Å². The van der Waals surface area contributed by atoms with Crippen LogP contribution in [0.2, 0.25) is 0 Å². The number of nitrogens with one attached hydrogen (secondary N) is 1.